The summed E-state index contributed by atoms with van der Waals surface area (Å²) < 4.78 is 34.1. The summed E-state index contributed by atoms with van der Waals surface area (Å²) in [6, 6.07) is 0. The number of ether oxygens (including phenoxy) is 2. The molecule has 0 fully saturated rings. The van der Waals surface area contributed by atoms with Gasteiger partial charge in [-0.05, 0) is 38.5 Å². The van der Waals surface area contributed by atoms with Gasteiger partial charge in [0.2, 0.25) is 0 Å². The van der Waals surface area contributed by atoms with E-state index in [9.17, 15) is 19.0 Å². The lowest BCUT2D eigenvalue weighted by molar-refractivity contribution is -0.870. The molecule has 278 valence electrons. The zero-order valence-electron chi connectivity index (χ0n) is 31.0. The van der Waals surface area contributed by atoms with Gasteiger partial charge in [0, 0.05) is 12.8 Å². The van der Waals surface area contributed by atoms with Crippen LogP contribution in [-0.4, -0.2) is 74.9 Å². The van der Waals surface area contributed by atoms with E-state index in [1.165, 1.54) is 77.0 Å². The maximum atomic E-state index is 12.6. The molecule has 0 rings (SSSR count). The number of carbonyl (C=O) groups is 2. The molecule has 10 heteroatoms. The summed E-state index contributed by atoms with van der Waals surface area (Å²) in [5, 5.41) is 0. The second kappa shape index (κ2) is 30.8. The fourth-order valence-electron chi connectivity index (χ4n) is 5.01. The quantitative estimate of drug-likeness (QED) is 0.0234. The molecular weight excluding hydrogens is 617 g/mol. The fourth-order valence-corrected chi connectivity index (χ4v) is 5.75. The molecule has 0 saturated carbocycles. The van der Waals surface area contributed by atoms with Crippen molar-refractivity contribution in [3.05, 3.63) is 12.2 Å². The third-order valence-electron chi connectivity index (χ3n) is 8.05. The van der Waals surface area contributed by atoms with Crippen molar-refractivity contribution in [1.82, 2.24) is 0 Å². The van der Waals surface area contributed by atoms with Crippen molar-refractivity contribution >= 4 is 19.8 Å². The molecule has 0 aliphatic carbocycles. The molecule has 0 amide bonds. The molecule has 2 atom stereocenters. The SMILES string of the molecule is CCCCC/C=C\CCCCCCCC(=O)O[C@H](COC(=O)CCCCCCCCCCCCC)COP(=O)(O)OCC[N+](C)(C)C. The molecular formula is C37H73NO8P+. The van der Waals surface area contributed by atoms with Crippen molar-refractivity contribution in [2.24, 2.45) is 0 Å². The van der Waals surface area contributed by atoms with Crippen LogP contribution in [-0.2, 0) is 32.7 Å². The highest BCUT2D eigenvalue weighted by atomic mass is 31.2. The van der Waals surface area contributed by atoms with Gasteiger partial charge in [0.05, 0.1) is 27.7 Å². The highest BCUT2D eigenvalue weighted by molar-refractivity contribution is 7.47. The van der Waals surface area contributed by atoms with Gasteiger partial charge in [0.1, 0.15) is 19.8 Å². The van der Waals surface area contributed by atoms with Gasteiger partial charge in [-0.15, -0.1) is 0 Å². The number of esters is 2. The van der Waals surface area contributed by atoms with Crippen LogP contribution in [0.3, 0.4) is 0 Å². The van der Waals surface area contributed by atoms with Crippen LogP contribution in [0.1, 0.15) is 162 Å². The second-order valence-electron chi connectivity index (χ2n) is 14.0. The predicted octanol–water partition coefficient (Wildman–Crippen LogP) is 9.85. The van der Waals surface area contributed by atoms with Crippen molar-refractivity contribution in [1.29, 1.82) is 0 Å². The lowest BCUT2D eigenvalue weighted by atomic mass is 10.1. The van der Waals surface area contributed by atoms with Crippen LogP contribution in [0.5, 0.6) is 0 Å². The van der Waals surface area contributed by atoms with E-state index in [-0.39, 0.29) is 25.6 Å². The minimum Gasteiger partial charge on any atom is -0.462 e. The average Bonchev–Trinajstić information content (AvgIpc) is 3.01. The van der Waals surface area contributed by atoms with E-state index in [0.29, 0.717) is 23.9 Å². The van der Waals surface area contributed by atoms with Gasteiger partial charge in [0.15, 0.2) is 6.10 Å². The molecule has 0 radical (unpaired) electrons. The molecule has 0 aromatic rings. The molecule has 1 unspecified atom stereocenters. The Labute approximate surface area is 288 Å². The summed E-state index contributed by atoms with van der Waals surface area (Å²) in [6.07, 6.45) is 28.3. The van der Waals surface area contributed by atoms with E-state index in [1.54, 1.807) is 0 Å². The number of rotatable bonds is 34. The first-order valence-corrected chi connectivity index (χ1v) is 20.4. The van der Waals surface area contributed by atoms with Crippen LogP contribution in [0.15, 0.2) is 12.2 Å². The molecule has 1 N–H and O–H groups in total. The van der Waals surface area contributed by atoms with Gasteiger partial charge in [0.25, 0.3) is 0 Å². The fraction of sp³-hybridized carbons (Fsp3) is 0.892. The largest absolute Gasteiger partial charge is 0.472 e. The lowest BCUT2D eigenvalue weighted by Gasteiger charge is -2.24. The van der Waals surface area contributed by atoms with Crippen molar-refractivity contribution in [2.75, 3.05) is 47.5 Å². The number of allylic oxidation sites excluding steroid dienone is 2. The number of hydrogen-bond acceptors (Lipinski definition) is 7. The number of quaternary nitrogens is 1. The monoisotopic (exact) mass is 691 g/mol. The van der Waals surface area contributed by atoms with Gasteiger partial charge in [-0.3, -0.25) is 18.6 Å². The van der Waals surface area contributed by atoms with E-state index < -0.39 is 26.5 Å². The highest BCUT2D eigenvalue weighted by Crippen LogP contribution is 2.43. The lowest BCUT2D eigenvalue weighted by Crippen LogP contribution is -2.37. The maximum absolute atomic E-state index is 12.6. The number of likely N-dealkylation sites (N-methyl/N-ethyl adjacent to an activating group) is 1. The van der Waals surface area contributed by atoms with Crippen LogP contribution in [0.25, 0.3) is 0 Å². The molecule has 0 aliphatic rings. The Balaban J connectivity index is 4.46. The summed E-state index contributed by atoms with van der Waals surface area (Å²) in [5.74, 6) is -0.807. The van der Waals surface area contributed by atoms with Gasteiger partial charge >= 0.3 is 19.8 Å². The smallest absolute Gasteiger partial charge is 0.462 e. The minimum atomic E-state index is -4.36. The van der Waals surface area contributed by atoms with Gasteiger partial charge in [-0.2, -0.15) is 0 Å². The Bertz CT molecular complexity index is 830. The summed E-state index contributed by atoms with van der Waals surface area (Å²) in [6.45, 7) is 4.37. The molecule has 0 heterocycles. The topological polar surface area (TPSA) is 108 Å². The zero-order valence-corrected chi connectivity index (χ0v) is 31.9. The van der Waals surface area contributed by atoms with Crippen molar-refractivity contribution in [2.45, 2.75) is 168 Å². The second-order valence-corrected chi connectivity index (χ2v) is 15.4. The van der Waals surface area contributed by atoms with Gasteiger partial charge < -0.3 is 18.9 Å². The Morgan fingerprint density at radius 3 is 1.62 bits per heavy atom. The Morgan fingerprint density at radius 1 is 0.638 bits per heavy atom. The number of phosphoric acid groups is 1. The summed E-state index contributed by atoms with van der Waals surface area (Å²) in [4.78, 5) is 35.1. The maximum Gasteiger partial charge on any atom is 0.472 e. The first kappa shape index (κ1) is 45.8. The van der Waals surface area contributed by atoms with E-state index >= 15 is 0 Å². The number of phosphoric ester groups is 1. The Morgan fingerprint density at radius 2 is 1.09 bits per heavy atom. The number of carbonyl (C=O) groups excluding carboxylic acids is 2. The molecule has 0 aromatic heterocycles. The van der Waals surface area contributed by atoms with E-state index in [1.807, 2.05) is 21.1 Å². The molecule has 9 nitrogen and oxygen atoms in total. The van der Waals surface area contributed by atoms with Crippen LogP contribution in [0.2, 0.25) is 0 Å². The average molecular weight is 691 g/mol. The molecule has 0 aliphatic heterocycles. The molecule has 0 spiro atoms. The van der Waals surface area contributed by atoms with Crippen molar-refractivity contribution in [3.63, 3.8) is 0 Å². The normalized spacial score (nSPS) is 13.9. The van der Waals surface area contributed by atoms with Gasteiger partial charge in [-0.1, -0.05) is 122 Å². The number of hydrogen-bond donors (Lipinski definition) is 1. The molecule has 0 saturated heterocycles. The predicted molar refractivity (Wildman–Crippen MR) is 192 cm³/mol. The number of nitrogens with zero attached hydrogens (tertiary/aromatic N) is 1. The van der Waals surface area contributed by atoms with Crippen LogP contribution < -0.4 is 0 Å². The molecule has 47 heavy (non-hydrogen) atoms. The van der Waals surface area contributed by atoms with Crippen molar-refractivity contribution < 1.29 is 42.1 Å². The molecule has 0 aromatic carbocycles. The third-order valence-corrected chi connectivity index (χ3v) is 9.03. The first-order valence-electron chi connectivity index (χ1n) is 18.9. The van der Waals surface area contributed by atoms with E-state index in [4.69, 9.17) is 18.5 Å². The summed E-state index contributed by atoms with van der Waals surface area (Å²) >= 11 is 0. The molecule has 0 bridgehead atoms. The minimum absolute atomic E-state index is 0.0327. The summed E-state index contributed by atoms with van der Waals surface area (Å²) in [7, 11) is 1.47. The third kappa shape index (κ3) is 34.4. The van der Waals surface area contributed by atoms with Gasteiger partial charge in [-0.25, -0.2) is 4.57 Å². The van der Waals surface area contributed by atoms with Crippen LogP contribution >= 0.6 is 7.82 Å². The van der Waals surface area contributed by atoms with E-state index in [0.717, 1.165) is 51.4 Å². The van der Waals surface area contributed by atoms with Crippen LogP contribution in [0, 0.1) is 0 Å². The number of unbranched alkanes of at least 4 members (excludes halogenated alkanes) is 18. The summed E-state index contributed by atoms with van der Waals surface area (Å²) in [5.41, 5.74) is 0. The Kier molecular flexibility index (Phi) is 30.0. The van der Waals surface area contributed by atoms with Crippen LogP contribution in [0.4, 0.5) is 0 Å². The zero-order chi connectivity index (χ0) is 35.1. The highest BCUT2D eigenvalue weighted by Gasteiger charge is 2.27. The standard InChI is InChI=1S/C37H72NO8P/c1-6-8-10-12-14-16-18-20-22-24-26-28-30-37(40)46-35(34-45-47(41,42)44-32-31-38(3,4)5)33-43-36(39)29-27-25-23-21-19-17-15-13-11-9-7-2/h14,16,35H,6-13,15,17-34H2,1-5H3/p+1/b16-14-/t35-/m1/s1. The first-order chi connectivity index (χ1) is 22.5. The van der Waals surface area contributed by atoms with Crippen molar-refractivity contribution in [3.8, 4) is 0 Å². The Hall–Kier alpha value is -1.25. The van der Waals surface area contributed by atoms with E-state index in [2.05, 4.69) is 26.0 Å².